The number of likely N-dealkylation sites (N-methyl/N-ethyl adjacent to an activating group) is 1. The first kappa shape index (κ1) is 16.2. The van der Waals surface area contributed by atoms with Crippen LogP contribution in [0.1, 0.15) is 46.6 Å². The third kappa shape index (κ3) is 3.91. The minimum Gasteiger partial charge on any atom is -0.488 e. The monoisotopic (exact) mass is 291 g/mol. The standard InChI is InChI=1S/C18H29NO2/c1-6-13(3)15(19-7-2)12-20-16-10-8-9-14-11-18(4,5)21-17(14)16/h8-10,13,15,19H,6-7,11-12H2,1-5H3. The Morgan fingerprint density at radius 2 is 2.10 bits per heavy atom. The molecule has 3 heteroatoms. The maximum absolute atomic E-state index is 6.09. The van der Waals surface area contributed by atoms with Crippen LogP contribution in [0.4, 0.5) is 0 Å². The van der Waals surface area contributed by atoms with Crippen molar-refractivity contribution in [3.63, 3.8) is 0 Å². The number of ether oxygens (including phenoxy) is 2. The van der Waals surface area contributed by atoms with Crippen molar-refractivity contribution in [1.82, 2.24) is 5.32 Å². The van der Waals surface area contributed by atoms with Crippen molar-refractivity contribution in [3.8, 4) is 11.5 Å². The minimum absolute atomic E-state index is 0.125. The van der Waals surface area contributed by atoms with Gasteiger partial charge in [0.05, 0.1) is 0 Å². The van der Waals surface area contributed by atoms with Gasteiger partial charge in [-0.15, -0.1) is 0 Å². The zero-order valence-corrected chi connectivity index (χ0v) is 14.0. The number of para-hydroxylation sites is 1. The molecule has 2 unspecified atom stereocenters. The average molecular weight is 291 g/mol. The lowest BCUT2D eigenvalue weighted by Crippen LogP contribution is -2.39. The van der Waals surface area contributed by atoms with Gasteiger partial charge in [0, 0.05) is 18.0 Å². The molecule has 1 aliphatic heterocycles. The van der Waals surface area contributed by atoms with E-state index < -0.39 is 0 Å². The molecule has 1 aromatic rings. The lowest BCUT2D eigenvalue weighted by molar-refractivity contribution is 0.129. The van der Waals surface area contributed by atoms with Crippen molar-refractivity contribution in [2.75, 3.05) is 13.2 Å². The predicted octanol–water partition coefficient (Wildman–Crippen LogP) is 3.80. The zero-order valence-electron chi connectivity index (χ0n) is 14.0. The Morgan fingerprint density at radius 3 is 2.76 bits per heavy atom. The highest BCUT2D eigenvalue weighted by Gasteiger charge is 2.32. The molecule has 1 aliphatic rings. The molecule has 0 bridgehead atoms. The fourth-order valence-corrected chi connectivity index (χ4v) is 2.85. The van der Waals surface area contributed by atoms with Gasteiger partial charge in [-0.3, -0.25) is 0 Å². The topological polar surface area (TPSA) is 30.5 Å². The predicted molar refractivity (Wildman–Crippen MR) is 87.3 cm³/mol. The second-order valence-electron chi connectivity index (χ2n) is 6.64. The van der Waals surface area contributed by atoms with Crippen molar-refractivity contribution in [3.05, 3.63) is 23.8 Å². The summed E-state index contributed by atoms with van der Waals surface area (Å²) in [6, 6.07) is 6.59. The van der Waals surface area contributed by atoms with E-state index in [2.05, 4.69) is 52.1 Å². The van der Waals surface area contributed by atoms with Crippen LogP contribution in [0.5, 0.6) is 11.5 Å². The number of benzene rings is 1. The molecule has 1 N–H and O–H groups in total. The number of fused-ring (bicyclic) bond motifs is 1. The molecule has 0 spiro atoms. The van der Waals surface area contributed by atoms with Gasteiger partial charge < -0.3 is 14.8 Å². The van der Waals surface area contributed by atoms with E-state index in [0.29, 0.717) is 18.6 Å². The summed E-state index contributed by atoms with van der Waals surface area (Å²) >= 11 is 0. The van der Waals surface area contributed by atoms with Crippen LogP contribution < -0.4 is 14.8 Å². The second-order valence-corrected chi connectivity index (χ2v) is 6.64. The van der Waals surface area contributed by atoms with Crippen LogP contribution in [0.2, 0.25) is 0 Å². The first-order chi connectivity index (χ1) is 9.96. The van der Waals surface area contributed by atoms with E-state index in [-0.39, 0.29) is 5.60 Å². The van der Waals surface area contributed by atoms with Crippen molar-refractivity contribution in [1.29, 1.82) is 0 Å². The molecular formula is C18H29NO2. The number of nitrogens with one attached hydrogen (secondary N) is 1. The van der Waals surface area contributed by atoms with Gasteiger partial charge in [-0.2, -0.15) is 0 Å². The molecule has 0 fully saturated rings. The summed E-state index contributed by atoms with van der Waals surface area (Å²) in [6.45, 7) is 12.5. The summed E-state index contributed by atoms with van der Waals surface area (Å²) in [5, 5.41) is 3.52. The van der Waals surface area contributed by atoms with Crippen molar-refractivity contribution in [2.24, 2.45) is 5.92 Å². The summed E-state index contributed by atoms with van der Waals surface area (Å²) in [7, 11) is 0. The fraction of sp³-hybridized carbons (Fsp3) is 0.667. The van der Waals surface area contributed by atoms with Crippen molar-refractivity contribution < 1.29 is 9.47 Å². The van der Waals surface area contributed by atoms with Crippen LogP contribution >= 0.6 is 0 Å². The largest absolute Gasteiger partial charge is 0.488 e. The summed E-state index contributed by atoms with van der Waals surface area (Å²) in [6.07, 6.45) is 2.10. The molecule has 0 radical (unpaired) electrons. The Bertz CT molecular complexity index is 470. The highest BCUT2D eigenvalue weighted by atomic mass is 16.5. The van der Waals surface area contributed by atoms with Crippen LogP contribution in [-0.4, -0.2) is 24.8 Å². The van der Waals surface area contributed by atoms with Gasteiger partial charge in [-0.1, -0.05) is 39.3 Å². The lowest BCUT2D eigenvalue weighted by Gasteiger charge is -2.24. The first-order valence-corrected chi connectivity index (χ1v) is 8.14. The average Bonchev–Trinajstić information content (AvgIpc) is 2.77. The molecule has 3 nitrogen and oxygen atoms in total. The molecule has 2 rings (SSSR count). The van der Waals surface area contributed by atoms with E-state index in [4.69, 9.17) is 9.47 Å². The number of hydrogen-bond donors (Lipinski definition) is 1. The highest BCUT2D eigenvalue weighted by molar-refractivity contribution is 5.50. The maximum atomic E-state index is 6.09. The maximum Gasteiger partial charge on any atom is 0.165 e. The summed E-state index contributed by atoms with van der Waals surface area (Å²) in [5.74, 6) is 2.41. The third-order valence-electron chi connectivity index (χ3n) is 4.27. The lowest BCUT2D eigenvalue weighted by atomic mass is 10.00. The van der Waals surface area contributed by atoms with Crippen LogP contribution in [0.15, 0.2) is 18.2 Å². The Morgan fingerprint density at radius 1 is 1.33 bits per heavy atom. The van der Waals surface area contributed by atoms with Gasteiger partial charge in [0.2, 0.25) is 0 Å². The van der Waals surface area contributed by atoms with Gasteiger partial charge in [0.15, 0.2) is 11.5 Å². The third-order valence-corrected chi connectivity index (χ3v) is 4.27. The fourth-order valence-electron chi connectivity index (χ4n) is 2.85. The molecule has 0 aliphatic carbocycles. The van der Waals surface area contributed by atoms with E-state index in [1.165, 1.54) is 5.56 Å². The molecule has 21 heavy (non-hydrogen) atoms. The Labute approximate surface area is 129 Å². The van der Waals surface area contributed by atoms with Crippen LogP contribution in [0.25, 0.3) is 0 Å². The Kier molecular flexibility index (Phi) is 5.15. The first-order valence-electron chi connectivity index (χ1n) is 8.14. The van der Waals surface area contributed by atoms with Crippen molar-refractivity contribution in [2.45, 2.75) is 59.1 Å². The smallest absolute Gasteiger partial charge is 0.165 e. The molecule has 0 saturated carbocycles. The molecule has 0 aromatic heterocycles. The molecule has 0 saturated heterocycles. The second kappa shape index (κ2) is 6.69. The van der Waals surface area contributed by atoms with Crippen molar-refractivity contribution >= 4 is 0 Å². The molecule has 2 atom stereocenters. The van der Waals surface area contributed by atoms with Crippen LogP contribution in [-0.2, 0) is 6.42 Å². The highest BCUT2D eigenvalue weighted by Crippen LogP contribution is 2.41. The molecule has 0 amide bonds. The van der Waals surface area contributed by atoms with E-state index >= 15 is 0 Å². The number of rotatable bonds is 7. The SMILES string of the molecule is CCNC(COc1cccc2c1OC(C)(C)C2)C(C)CC. The molecular weight excluding hydrogens is 262 g/mol. The normalized spacial score (nSPS) is 18.7. The summed E-state index contributed by atoms with van der Waals surface area (Å²) in [5.41, 5.74) is 1.13. The van der Waals surface area contributed by atoms with E-state index in [1.54, 1.807) is 0 Å². The van der Waals surface area contributed by atoms with Gasteiger partial charge in [0.25, 0.3) is 0 Å². The Hall–Kier alpha value is -1.22. The van der Waals surface area contributed by atoms with Gasteiger partial charge >= 0.3 is 0 Å². The molecule has 1 heterocycles. The van der Waals surface area contributed by atoms with E-state index in [9.17, 15) is 0 Å². The van der Waals surface area contributed by atoms with Gasteiger partial charge in [-0.05, 0) is 32.4 Å². The molecule has 1 aromatic carbocycles. The molecule has 118 valence electrons. The van der Waals surface area contributed by atoms with Gasteiger partial charge in [-0.25, -0.2) is 0 Å². The quantitative estimate of drug-likeness (QED) is 0.829. The van der Waals surface area contributed by atoms with E-state index in [1.807, 2.05) is 6.07 Å². The zero-order chi connectivity index (χ0) is 15.5. The summed E-state index contributed by atoms with van der Waals surface area (Å²) < 4.78 is 12.2. The van der Waals surface area contributed by atoms with Crippen LogP contribution in [0, 0.1) is 5.92 Å². The number of hydrogen-bond acceptors (Lipinski definition) is 3. The van der Waals surface area contributed by atoms with Gasteiger partial charge in [0.1, 0.15) is 12.2 Å². The Balaban J connectivity index is 2.06. The minimum atomic E-state index is -0.125. The summed E-state index contributed by atoms with van der Waals surface area (Å²) in [4.78, 5) is 0. The van der Waals surface area contributed by atoms with Crippen LogP contribution in [0.3, 0.4) is 0 Å². The van der Waals surface area contributed by atoms with E-state index in [0.717, 1.165) is 30.9 Å².